The molecule has 80 valence electrons. The molecule has 16 heavy (non-hydrogen) atoms. The number of rotatable bonds is 3. The van der Waals surface area contributed by atoms with Crippen LogP contribution in [0.25, 0.3) is 0 Å². The van der Waals surface area contributed by atoms with Crippen LogP contribution in [-0.2, 0) is 0 Å². The molecule has 1 aromatic carbocycles. The van der Waals surface area contributed by atoms with Crippen molar-refractivity contribution in [3.05, 3.63) is 48.8 Å². The van der Waals surface area contributed by atoms with Crippen LogP contribution in [0.3, 0.4) is 0 Å². The number of ether oxygens (including phenoxy) is 1. The van der Waals surface area contributed by atoms with Crippen molar-refractivity contribution in [3.63, 3.8) is 0 Å². The van der Waals surface area contributed by atoms with E-state index in [1.807, 2.05) is 24.3 Å². The molecule has 2 rings (SSSR count). The van der Waals surface area contributed by atoms with Crippen LogP contribution in [0.2, 0.25) is 13.6 Å². The topological polar surface area (TPSA) is 22.1 Å². The lowest BCUT2D eigenvalue weighted by Gasteiger charge is -2.07. The van der Waals surface area contributed by atoms with Gasteiger partial charge in [0.25, 0.3) is 0 Å². The standard InChI is InChI=1S/C13H14BNO/c1-14(2)11-3-5-12(6-4-11)16-13-7-9-15-10-8-13/h3-10H,1-2H3. The van der Waals surface area contributed by atoms with Crippen molar-refractivity contribution in [2.45, 2.75) is 13.6 Å². The van der Waals surface area contributed by atoms with Crippen LogP contribution in [0.1, 0.15) is 0 Å². The third-order valence-electron chi connectivity index (χ3n) is 2.43. The van der Waals surface area contributed by atoms with E-state index in [1.165, 1.54) is 5.46 Å². The van der Waals surface area contributed by atoms with Crippen LogP contribution in [0.4, 0.5) is 0 Å². The van der Waals surface area contributed by atoms with Crippen molar-refractivity contribution in [1.82, 2.24) is 4.98 Å². The molecule has 1 heterocycles. The molecule has 2 nitrogen and oxygen atoms in total. The third kappa shape index (κ3) is 2.63. The molecule has 0 unspecified atom stereocenters. The molecule has 0 aliphatic carbocycles. The second kappa shape index (κ2) is 4.84. The van der Waals surface area contributed by atoms with Gasteiger partial charge in [-0.3, -0.25) is 4.98 Å². The fourth-order valence-electron chi connectivity index (χ4n) is 1.46. The normalized spacial score (nSPS) is 9.88. The van der Waals surface area contributed by atoms with E-state index in [0.717, 1.165) is 11.5 Å². The van der Waals surface area contributed by atoms with Crippen LogP contribution >= 0.6 is 0 Å². The van der Waals surface area contributed by atoms with Gasteiger partial charge in [0.15, 0.2) is 6.71 Å². The molecular formula is C13H14BNO. The first-order valence-corrected chi connectivity index (χ1v) is 5.43. The first-order chi connectivity index (χ1) is 7.75. The number of aromatic nitrogens is 1. The van der Waals surface area contributed by atoms with E-state index in [0.29, 0.717) is 6.71 Å². The van der Waals surface area contributed by atoms with Gasteiger partial charge in [0.1, 0.15) is 11.5 Å². The molecule has 2 aromatic rings. The second-order valence-corrected chi connectivity index (χ2v) is 4.01. The minimum Gasteiger partial charge on any atom is -0.457 e. The van der Waals surface area contributed by atoms with Gasteiger partial charge < -0.3 is 4.74 Å². The van der Waals surface area contributed by atoms with Crippen molar-refractivity contribution in [2.24, 2.45) is 0 Å². The average Bonchev–Trinajstić information content (AvgIpc) is 2.31. The molecule has 1 aromatic heterocycles. The fraction of sp³-hybridized carbons (Fsp3) is 0.154. The van der Waals surface area contributed by atoms with Crippen LogP contribution in [0.15, 0.2) is 48.8 Å². The number of pyridine rings is 1. The SMILES string of the molecule is CB(C)c1ccc(Oc2ccncc2)cc1. The van der Waals surface area contributed by atoms with Gasteiger partial charge in [-0.25, -0.2) is 0 Å². The number of benzene rings is 1. The quantitative estimate of drug-likeness (QED) is 0.728. The summed E-state index contributed by atoms with van der Waals surface area (Å²) in [6, 6.07) is 11.9. The molecule has 0 bridgehead atoms. The summed E-state index contributed by atoms with van der Waals surface area (Å²) in [4.78, 5) is 3.94. The zero-order valence-corrected chi connectivity index (χ0v) is 9.55. The third-order valence-corrected chi connectivity index (χ3v) is 2.43. The van der Waals surface area contributed by atoms with Crippen LogP contribution in [0.5, 0.6) is 11.5 Å². The molecule has 0 spiro atoms. The van der Waals surface area contributed by atoms with Gasteiger partial charge in [-0.05, 0) is 24.3 Å². The lowest BCUT2D eigenvalue weighted by Crippen LogP contribution is -2.21. The smallest absolute Gasteiger partial charge is 0.169 e. The van der Waals surface area contributed by atoms with E-state index in [1.54, 1.807) is 12.4 Å². The number of hydrogen-bond acceptors (Lipinski definition) is 2. The highest BCUT2D eigenvalue weighted by Gasteiger charge is 2.02. The summed E-state index contributed by atoms with van der Waals surface area (Å²) in [6.07, 6.45) is 3.44. The first kappa shape index (κ1) is 10.7. The highest BCUT2D eigenvalue weighted by molar-refractivity contribution is 6.70. The van der Waals surface area contributed by atoms with Gasteiger partial charge in [-0.15, -0.1) is 0 Å². The Kier molecular flexibility index (Phi) is 3.25. The number of hydrogen-bond donors (Lipinski definition) is 0. The van der Waals surface area contributed by atoms with Gasteiger partial charge in [0, 0.05) is 12.4 Å². The Morgan fingerprint density at radius 2 is 1.44 bits per heavy atom. The maximum absolute atomic E-state index is 5.67. The molecule has 0 aliphatic heterocycles. The largest absolute Gasteiger partial charge is 0.457 e. The maximum atomic E-state index is 5.67. The summed E-state index contributed by atoms with van der Waals surface area (Å²) in [7, 11) is 0. The lowest BCUT2D eigenvalue weighted by atomic mass is 9.49. The molecule has 3 heteroatoms. The summed E-state index contributed by atoms with van der Waals surface area (Å²) in [5.74, 6) is 1.67. The van der Waals surface area contributed by atoms with E-state index in [-0.39, 0.29) is 0 Å². The Morgan fingerprint density at radius 1 is 0.875 bits per heavy atom. The highest BCUT2D eigenvalue weighted by Crippen LogP contribution is 2.18. The molecule has 0 atom stereocenters. The minimum atomic E-state index is 0.551. The Hall–Kier alpha value is -1.77. The van der Waals surface area contributed by atoms with Gasteiger partial charge in [-0.1, -0.05) is 31.2 Å². The molecule has 0 saturated heterocycles. The zero-order valence-electron chi connectivity index (χ0n) is 9.55. The lowest BCUT2D eigenvalue weighted by molar-refractivity contribution is 0.482. The molecular weight excluding hydrogens is 197 g/mol. The van der Waals surface area contributed by atoms with E-state index in [2.05, 4.69) is 30.8 Å². The molecule has 0 amide bonds. The first-order valence-electron chi connectivity index (χ1n) is 5.43. The Balaban J connectivity index is 2.11. The van der Waals surface area contributed by atoms with Crippen molar-refractivity contribution < 1.29 is 4.74 Å². The van der Waals surface area contributed by atoms with Crippen molar-refractivity contribution in [1.29, 1.82) is 0 Å². The minimum absolute atomic E-state index is 0.551. The van der Waals surface area contributed by atoms with Crippen LogP contribution < -0.4 is 10.2 Å². The zero-order chi connectivity index (χ0) is 11.4. The molecule has 0 fully saturated rings. The Labute approximate surface area is 96.4 Å². The van der Waals surface area contributed by atoms with Crippen molar-refractivity contribution in [3.8, 4) is 11.5 Å². The van der Waals surface area contributed by atoms with Crippen LogP contribution in [0, 0.1) is 0 Å². The average molecular weight is 211 g/mol. The summed E-state index contributed by atoms with van der Waals surface area (Å²) < 4.78 is 5.67. The molecule has 0 radical (unpaired) electrons. The molecule has 0 N–H and O–H groups in total. The van der Waals surface area contributed by atoms with E-state index in [9.17, 15) is 0 Å². The monoisotopic (exact) mass is 211 g/mol. The van der Waals surface area contributed by atoms with E-state index < -0.39 is 0 Å². The summed E-state index contributed by atoms with van der Waals surface area (Å²) in [6.45, 7) is 4.91. The maximum Gasteiger partial charge on any atom is 0.169 e. The van der Waals surface area contributed by atoms with Gasteiger partial charge in [-0.2, -0.15) is 0 Å². The summed E-state index contributed by atoms with van der Waals surface area (Å²) >= 11 is 0. The summed E-state index contributed by atoms with van der Waals surface area (Å²) in [5, 5.41) is 0. The van der Waals surface area contributed by atoms with Crippen molar-refractivity contribution in [2.75, 3.05) is 0 Å². The van der Waals surface area contributed by atoms with E-state index >= 15 is 0 Å². The predicted molar refractivity (Wildman–Crippen MR) is 67.9 cm³/mol. The van der Waals surface area contributed by atoms with Gasteiger partial charge in [0.2, 0.25) is 0 Å². The molecule has 0 aliphatic rings. The second-order valence-electron chi connectivity index (χ2n) is 4.01. The Bertz CT molecular complexity index is 439. The van der Waals surface area contributed by atoms with Gasteiger partial charge >= 0.3 is 0 Å². The van der Waals surface area contributed by atoms with E-state index in [4.69, 9.17) is 4.74 Å². The van der Waals surface area contributed by atoms with Crippen LogP contribution in [-0.4, -0.2) is 11.7 Å². The highest BCUT2D eigenvalue weighted by atomic mass is 16.5. The predicted octanol–water partition coefficient (Wildman–Crippen LogP) is 2.84. The summed E-state index contributed by atoms with van der Waals surface area (Å²) in [5.41, 5.74) is 1.32. The van der Waals surface area contributed by atoms with Crippen molar-refractivity contribution >= 4 is 12.2 Å². The fourth-order valence-corrected chi connectivity index (χ4v) is 1.46. The molecule has 0 saturated carbocycles. The number of nitrogens with zero attached hydrogens (tertiary/aromatic N) is 1. The Morgan fingerprint density at radius 3 is 2.00 bits per heavy atom. The van der Waals surface area contributed by atoms with Gasteiger partial charge in [0.05, 0.1) is 0 Å².